The summed E-state index contributed by atoms with van der Waals surface area (Å²) in [6.07, 6.45) is 0. The maximum atomic E-state index is 9.56. The molecule has 100 valence electrons. The van der Waals surface area contributed by atoms with Crippen LogP contribution in [0, 0.1) is 11.8 Å². The molecule has 1 heterocycles. The summed E-state index contributed by atoms with van der Waals surface area (Å²) in [5.74, 6) is 2.15. The number of nitrogens with one attached hydrogen (secondary N) is 1. The van der Waals surface area contributed by atoms with Crippen LogP contribution in [0.1, 0.15) is 25.5 Å². The second-order valence-corrected chi connectivity index (χ2v) is 4.97. The van der Waals surface area contributed by atoms with E-state index in [9.17, 15) is 5.11 Å². The lowest BCUT2D eigenvalue weighted by atomic mass is 9.85. The highest BCUT2D eigenvalue weighted by molar-refractivity contribution is 5.45. The lowest BCUT2D eigenvalue weighted by molar-refractivity contribution is 0.154. The molecule has 2 atom stereocenters. The first-order valence-corrected chi connectivity index (χ1v) is 6.35. The van der Waals surface area contributed by atoms with Gasteiger partial charge >= 0.3 is 0 Å². The molecule has 2 N–H and O–H groups in total. The van der Waals surface area contributed by atoms with Crippen LogP contribution in [-0.4, -0.2) is 25.6 Å². The number of hydrogen-bond donors (Lipinski definition) is 2. The molecule has 0 amide bonds. The second kappa shape index (κ2) is 5.59. The standard InChI is InChI=1S/C14H21NO3/c1-9(2)11(7-16)14(15-3)10-4-5-12-13(6-10)18-8-17-12/h4-6,9,11,14-16H,7-8H2,1-3H3. The molecule has 1 aliphatic heterocycles. The van der Waals surface area contributed by atoms with Crippen molar-refractivity contribution >= 4 is 0 Å². The largest absolute Gasteiger partial charge is 0.454 e. The lowest BCUT2D eigenvalue weighted by Crippen LogP contribution is -2.31. The zero-order chi connectivity index (χ0) is 13.1. The molecule has 2 unspecified atom stereocenters. The van der Waals surface area contributed by atoms with Gasteiger partial charge in [0.1, 0.15) is 0 Å². The molecule has 0 fully saturated rings. The summed E-state index contributed by atoms with van der Waals surface area (Å²) in [6, 6.07) is 6.06. The van der Waals surface area contributed by atoms with Crippen molar-refractivity contribution in [3.63, 3.8) is 0 Å². The summed E-state index contributed by atoms with van der Waals surface area (Å²) in [4.78, 5) is 0. The van der Waals surface area contributed by atoms with E-state index < -0.39 is 0 Å². The molecule has 2 rings (SSSR count). The Bertz CT molecular complexity index is 406. The molecule has 0 bridgehead atoms. The number of rotatable bonds is 5. The van der Waals surface area contributed by atoms with Crippen LogP contribution in [0.3, 0.4) is 0 Å². The highest BCUT2D eigenvalue weighted by atomic mass is 16.7. The predicted octanol–water partition coefficient (Wildman–Crippen LogP) is 1.94. The number of aliphatic hydroxyl groups excluding tert-OH is 1. The smallest absolute Gasteiger partial charge is 0.231 e. The van der Waals surface area contributed by atoms with Gasteiger partial charge in [-0.15, -0.1) is 0 Å². The van der Waals surface area contributed by atoms with Crippen molar-refractivity contribution in [2.24, 2.45) is 11.8 Å². The minimum atomic E-state index is 0.115. The van der Waals surface area contributed by atoms with Gasteiger partial charge in [-0.25, -0.2) is 0 Å². The van der Waals surface area contributed by atoms with Crippen LogP contribution in [0.25, 0.3) is 0 Å². The van der Waals surface area contributed by atoms with E-state index in [1.54, 1.807) is 0 Å². The van der Waals surface area contributed by atoms with Crippen molar-refractivity contribution in [3.8, 4) is 11.5 Å². The quantitative estimate of drug-likeness (QED) is 0.839. The Morgan fingerprint density at radius 2 is 2.00 bits per heavy atom. The van der Waals surface area contributed by atoms with Gasteiger partial charge in [0.25, 0.3) is 0 Å². The van der Waals surface area contributed by atoms with Crippen molar-refractivity contribution in [3.05, 3.63) is 23.8 Å². The van der Waals surface area contributed by atoms with Gasteiger partial charge in [-0.1, -0.05) is 19.9 Å². The summed E-state index contributed by atoms with van der Waals surface area (Å²) >= 11 is 0. The first-order chi connectivity index (χ1) is 8.67. The molecule has 1 aromatic carbocycles. The average molecular weight is 251 g/mol. The molecule has 4 nitrogen and oxygen atoms in total. The minimum absolute atomic E-state index is 0.115. The van der Waals surface area contributed by atoms with Gasteiger partial charge in [0.15, 0.2) is 11.5 Å². The van der Waals surface area contributed by atoms with Crippen LogP contribution in [0.15, 0.2) is 18.2 Å². The Morgan fingerprint density at radius 3 is 2.61 bits per heavy atom. The monoisotopic (exact) mass is 251 g/mol. The average Bonchev–Trinajstić information content (AvgIpc) is 2.82. The normalized spacial score (nSPS) is 16.9. The first-order valence-electron chi connectivity index (χ1n) is 6.35. The van der Waals surface area contributed by atoms with Crippen LogP contribution in [0.4, 0.5) is 0 Å². The SMILES string of the molecule is CNC(c1ccc2c(c1)OCO2)C(CO)C(C)C. The maximum absolute atomic E-state index is 9.56. The van der Waals surface area contributed by atoms with Crippen molar-refractivity contribution in [2.75, 3.05) is 20.4 Å². The third-order valence-electron chi connectivity index (χ3n) is 3.56. The van der Waals surface area contributed by atoms with Gasteiger partial charge < -0.3 is 19.9 Å². The van der Waals surface area contributed by atoms with Crippen LogP contribution >= 0.6 is 0 Å². The predicted molar refractivity (Wildman–Crippen MR) is 69.8 cm³/mol. The molecule has 4 heteroatoms. The highest BCUT2D eigenvalue weighted by Gasteiger charge is 2.25. The molecular formula is C14H21NO3. The van der Waals surface area contributed by atoms with E-state index in [-0.39, 0.29) is 25.4 Å². The van der Waals surface area contributed by atoms with E-state index in [4.69, 9.17) is 9.47 Å². The molecule has 0 saturated carbocycles. The third-order valence-corrected chi connectivity index (χ3v) is 3.56. The van der Waals surface area contributed by atoms with Crippen molar-refractivity contribution in [2.45, 2.75) is 19.9 Å². The Hall–Kier alpha value is -1.26. The molecular weight excluding hydrogens is 230 g/mol. The fourth-order valence-corrected chi connectivity index (χ4v) is 2.44. The Morgan fingerprint density at radius 1 is 1.28 bits per heavy atom. The molecule has 0 saturated heterocycles. The van der Waals surface area contributed by atoms with E-state index in [0.29, 0.717) is 5.92 Å². The second-order valence-electron chi connectivity index (χ2n) is 4.97. The fourth-order valence-electron chi connectivity index (χ4n) is 2.44. The van der Waals surface area contributed by atoms with Gasteiger partial charge in [-0.3, -0.25) is 0 Å². The topological polar surface area (TPSA) is 50.7 Å². The fraction of sp³-hybridized carbons (Fsp3) is 0.571. The van der Waals surface area contributed by atoms with Gasteiger partial charge in [-0.05, 0) is 30.7 Å². The van der Waals surface area contributed by atoms with Crippen LogP contribution in [0.5, 0.6) is 11.5 Å². The van der Waals surface area contributed by atoms with Gasteiger partial charge in [0.05, 0.1) is 0 Å². The maximum Gasteiger partial charge on any atom is 0.231 e. The summed E-state index contributed by atoms with van der Waals surface area (Å²) in [7, 11) is 1.92. The summed E-state index contributed by atoms with van der Waals surface area (Å²) in [5, 5.41) is 12.8. The van der Waals surface area contributed by atoms with Gasteiger partial charge in [0.2, 0.25) is 6.79 Å². The molecule has 0 aliphatic carbocycles. The molecule has 0 spiro atoms. The lowest BCUT2D eigenvalue weighted by Gasteiger charge is -2.28. The Kier molecular flexibility index (Phi) is 4.09. The van der Waals surface area contributed by atoms with Crippen molar-refractivity contribution in [1.29, 1.82) is 0 Å². The number of aliphatic hydroxyl groups is 1. The number of ether oxygens (including phenoxy) is 2. The van der Waals surface area contributed by atoms with E-state index in [0.717, 1.165) is 17.1 Å². The zero-order valence-corrected chi connectivity index (χ0v) is 11.1. The summed E-state index contributed by atoms with van der Waals surface area (Å²) in [5.41, 5.74) is 1.12. The van der Waals surface area contributed by atoms with Crippen LogP contribution < -0.4 is 14.8 Å². The number of benzene rings is 1. The summed E-state index contributed by atoms with van der Waals surface area (Å²) in [6.45, 7) is 4.70. The van der Waals surface area contributed by atoms with Gasteiger partial charge in [0, 0.05) is 18.6 Å². The van der Waals surface area contributed by atoms with Crippen LogP contribution in [0.2, 0.25) is 0 Å². The van der Waals surface area contributed by atoms with Crippen LogP contribution in [-0.2, 0) is 0 Å². The van der Waals surface area contributed by atoms with E-state index in [2.05, 4.69) is 19.2 Å². The van der Waals surface area contributed by atoms with Crippen molar-refractivity contribution < 1.29 is 14.6 Å². The first kappa shape index (κ1) is 13.2. The van der Waals surface area contributed by atoms with E-state index in [1.165, 1.54) is 0 Å². The number of hydrogen-bond acceptors (Lipinski definition) is 4. The van der Waals surface area contributed by atoms with E-state index in [1.807, 2.05) is 25.2 Å². The molecule has 0 aromatic heterocycles. The molecule has 1 aliphatic rings. The zero-order valence-electron chi connectivity index (χ0n) is 11.1. The van der Waals surface area contributed by atoms with Gasteiger partial charge in [-0.2, -0.15) is 0 Å². The third kappa shape index (κ3) is 2.44. The number of fused-ring (bicyclic) bond motifs is 1. The molecule has 18 heavy (non-hydrogen) atoms. The molecule has 1 aromatic rings. The Labute approximate surface area is 108 Å². The molecule has 0 radical (unpaired) electrons. The highest BCUT2D eigenvalue weighted by Crippen LogP contribution is 2.36. The van der Waals surface area contributed by atoms with Crippen molar-refractivity contribution in [1.82, 2.24) is 5.32 Å². The summed E-state index contributed by atoms with van der Waals surface area (Å²) < 4.78 is 10.7. The Balaban J connectivity index is 2.27. The van der Waals surface area contributed by atoms with E-state index >= 15 is 0 Å². The minimum Gasteiger partial charge on any atom is -0.454 e.